The number of hydrogen-bond donors (Lipinski definition) is 2. The summed E-state index contributed by atoms with van der Waals surface area (Å²) in [6.45, 7) is 5.60. The molecule has 5 heteroatoms. The van der Waals surface area contributed by atoms with Crippen LogP contribution in [0.4, 0.5) is 4.39 Å². The number of nitrogens with one attached hydrogen (secondary N) is 2. The number of benzene rings is 1. The summed E-state index contributed by atoms with van der Waals surface area (Å²) < 4.78 is 13.0. The maximum atomic E-state index is 13.0. The van der Waals surface area contributed by atoms with E-state index in [-0.39, 0.29) is 11.9 Å². The molecule has 1 aromatic heterocycles. The first kappa shape index (κ1) is 15.7. The fourth-order valence-corrected chi connectivity index (χ4v) is 2.45. The van der Waals surface area contributed by atoms with Gasteiger partial charge in [-0.1, -0.05) is 12.1 Å². The van der Waals surface area contributed by atoms with Gasteiger partial charge in [-0.25, -0.2) is 4.39 Å². The molecule has 0 saturated heterocycles. The lowest BCUT2D eigenvalue weighted by Crippen LogP contribution is -2.31. The largest absolute Gasteiger partial charge is 0.311 e. The van der Waals surface area contributed by atoms with Gasteiger partial charge in [0.05, 0.1) is 5.69 Å². The molecule has 2 rings (SSSR count). The first-order chi connectivity index (χ1) is 9.99. The molecule has 0 amide bonds. The smallest absolute Gasteiger partial charge is 0.123 e. The van der Waals surface area contributed by atoms with Crippen molar-refractivity contribution >= 4 is 0 Å². The Morgan fingerprint density at radius 3 is 2.43 bits per heavy atom. The van der Waals surface area contributed by atoms with Gasteiger partial charge in [0.1, 0.15) is 5.82 Å². The van der Waals surface area contributed by atoms with E-state index in [0.717, 1.165) is 30.0 Å². The monoisotopic (exact) mass is 290 g/mol. The van der Waals surface area contributed by atoms with Crippen molar-refractivity contribution in [1.82, 2.24) is 20.4 Å². The second kappa shape index (κ2) is 6.83. The zero-order chi connectivity index (χ0) is 15.4. The zero-order valence-corrected chi connectivity index (χ0v) is 13.1. The van der Waals surface area contributed by atoms with Crippen LogP contribution >= 0.6 is 0 Å². The van der Waals surface area contributed by atoms with Gasteiger partial charge in [-0.05, 0) is 45.6 Å². The van der Waals surface area contributed by atoms with Gasteiger partial charge >= 0.3 is 0 Å². The number of aromatic nitrogens is 2. The Balaban J connectivity index is 1.99. The predicted octanol–water partition coefficient (Wildman–Crippen LogP) is 2.56. The number of halogens is 1. The Hall–Kier alpha value is -1.72. The number of aromatic amines is 1. The lowest BCUT2D eigenvalue weighted by atomic mass is 10.1. The molecular weight excluding hydrogens is 267 g/mol. The van der Waals surface area contributed by atoms with Gasteiger partial charge in [-0.2, -0.15) is 5.10 Å². The Kier molecular flexibility index (Phi) is 5.09. The first-order valence-corrected chi connectivity index (χ1v) is 7.12. The molecule has 0 spiro atoms. The second-order valence-corrected chi connectivity index (χ2v) is 5.57. The van der Waals surface area contributed by atoms with Gasteiger partial charge < -0.3 is 10.2 Å². The SMILES string of the molecule is Cc1n[nH]c(C)c1CNC[C@@H](c1ccc(F)cc1)N(C)C. The molecule has 0 aliphatic heterocycles. The van der Waals surface area contributed by atoms with E-state index in [1.54, 1.807) is 0 Å². The highest BCUT2D eigenvalue weighted by Crippen LogP contribution is 2.18. The van der Waals surface area contributed by atoms with Crippen LogP contribution < -0.4 is 5.32 Å². The van der Waals surface area contributed by atoms with E-state index in [1.807, 2.05) is 40.1 Å². The van der Waals surface area contributed by atoms with Crippen molar-refractivity contribution in [1.29, 1.82) is 0 Å². The fraction of sp³-hybridized carbons (Fsp3) is 0.438. The summed E-state index contributed by atoms with van der Waals surface area (Å²) in [6, 6.07) is 6.91. The maximum Gasteiger partial charge on any atom is 0.123 e. The Morgan fingerprint density at radius 1 is 1.24 bits per heavy atom. The molecule has 0 radical (unpaired) electrons. The number of nitrogens with zero attached hydrogens (tertiary/aromatic N) is 2. The molecule has 1 heterocycles. The lowest BCUT2D eigenvalue weighted by molar-refractivity contribution is 0.288. The molecule has 0 saturated carbocycles. The molecule has 2 aromatic rings. The van der Waals surface area contributed by atoms with Crippen LogP contribution in [0.1, 0.15) is 28.6 Å². The van der Waals surface area contributed by atoms with Crippen LogP contribution in [-0.4, -0.2) is 35.7 Å². The molecule has 2 N–H and O–H groups in total. The van der Waals surface area contributed by atoms with Gasteiger partial charge in [-0.15, -0.1) is 0 Å². The quantitative estimate of drug-likeness (QED) is 0.859. The number of likely N-dealkylation sites (N-methyl/N-ethyl adjacent to an activating group) is 1. The Bertz CT molecular complexity index is 555. The second-order valence-electron chi connectivity index (χ2n) is 5.57. The van der Waals surface area contributed by atoms with Crippen LogP contribution in [0.2, 0.25) is 0 Å². The van der Waals surface area contributed by atoms with Gasteiger partial charge in [0.15, 0.2) is 0 Å². The maximum absolute atomic E-state index is 13.0. The van der Waals surface area contributed by atoms with E-state index < -0.39 is 0 Å². The average Bonchev–Trinajstić information content (AvgIpc) is 2.76. The highest BCUT2D eigenvalue weighted by atomic mass is 19.1. The number of aryl methyl sites for hydroxylation is 2. The van der Waals surface area contributed by atoms with E-state index in [2.05, 4.69) is 20.4 Å². The van der Waals surface area contributed by atoms with Crippen LogP contribution in [0, 0.1) is 19.7 Å². The first-order valence-electron chi connectivity index (χ1n) is 7.12. The summed E-state index contributed by atoms with van der Waals surface area (Å²) in [5.74, 6) is -0.200. The minimum Gasteiger partial charge on any atom is -0.311 e. The number of rotatable bonds is 6. The van der Waals surface area contributed by atoms with E-state index in [0.29, 0.717) is 0 Å². The predicted molar refractivity (Wildman–Crippen MR) is 82.6 cm³/mol. The highest BCUT2D eigenvalue weighted by Gasteiger charge is 2.14. The molecule has 1 atom stereocenters. The summed E-state index contributed by atoms with van der Waals surface area (Å²) in [4.78, 5) is 2.13. The van der Waals surface area contributed by atoms with Crippen molar-refractivity contribution in [2.45, 2.75) is 26.4 Å². The summed E-state index contributed by atoms with van der Waals surface area (Å²) in [5.41, 5.74) is 4.45. The third kappa shape index (κ3) is 3.89. The molecule has 21 heavy (non-hydrogen) atoms. The summed E-state index contributed by atoms with van der Waals surface area (Å²) in [5, 5.41) is 10.7. The number of hydrogen-bond acceptors (Lipinski definition) is 3. The van der Waals surface area contributed by atoms with Crippen molar-refractivity contribution < 1.29 is 4.39 Å². The average molecular weight is 290 g/mol. The normalized spacial score (nSPS) is 12.9. The van der Waals surface area contributed by atoms with Crippen LogP contribution in [0.15, 0.2) is 24.3 Å². The zero-order valence-electron chi connectivity index (χ0n) is 13.1. The minimum atomic E-state index is -0.200. The summed E-state index contributed by atoms with van der Waals surface area (Å²) in [7, 11) is 4.06. The van der Waals surface area contributed by atoms with E-state index >= 15 is 0 Å². The molecule has 0 bridgehead atoms. The van der Waals surface area contributed by atoms with Crippen LogP contribution in [0.25, 0.3) is 0 Å². The molecule has 0 unspecified atom stereocenters. The Morgan fingerprint density at radius 2 is 1.90 bits per heavy atom. The summed E-state index contributed by atoms with van der Waals surface area (Å²) >= 11 is 0. The topological polar surface area (TPSA) is 44.0 Å². The third-order valence-electron chi connectivity index (χ3n) is 3.80. The van der Waals surface area contributed by atoms with Crippen molar-refractivity contribution in [3.05, 3.63) is 52.6 Å². The molecule has 0 aliphatic carbocycles. The van der Waals surface area contributed by atoms with Crippen molar-refractivity contribution in [2.75, 3.05) is 20.6 Å². The third-order valence-corrected chi connectivity index (χ3v) is 3.80. The van der Waals surface area contributed by atoms with E-state index in [9.17, 15) is 4.39 Å². The fourth-order valence-electron chi connectivity index (χ4n) is 2.45. The molecule has 4 nitrogen and oxygen atoms in total. The van der Waals surface area contributed by atoms with Crippen molar-refractivity contribution in [3.63, 3.8) is 0 Å². The van der Waals surface area contributed by atoms with Gasteiger partial charge in [0.25, 0.3) is 0 Å². The van der Waals surface area contributed by atoms with E-state index in [1.165, 1.54) is 17.7 Å². The van der Waals surface area contributed by atoms with Gasteiger partial charge in [0, 0.05) is 30.4 Å². The molecule has 114 valence electrons. The lowest BCUT2D eigenvalue weighted by Gasteiger charge is -2.25. The number of H-pyrrole nitrogens is 1. The minimum absolute atomic E-state index is 0.200. The van der Waals surface area contributed by atoms with Gasteiger partial charge in [0.2, 0.25) is 0 Å². The highest BCUT2D eigenvalue weighted by molar-refractivity contribution is 5.23. The van der Waals surface area contributed by atoms with E-state index in [4.69, 9.17) is 0 Å². The van der Waals surface area contributed by atoms with Crippen LogP contribution in [0.5, 0.6) is 0 Å². The molecular formula is C16H23FN4. The van der Waals surface area contributed by atoms with Crippen LogP contribution in [0.3, 0.4) is 0 Å². The Labute approximate surface area is 125 Å². The van der Waals surface area contributed by atoms with Crippen molar-refractivity contribution in [2.24, 2.45) is 0 Å². The molecule has 1 aromatic carbocycles. The summed E-state index contributed by atoms with van der Waals surface area (Å²) in [6.07, 6.45) is 0. The van der Waals surface area contributed by atoms with Gasteiger partial charge in [-0.3, -0.25) is 5.10 Å². The standard InChI is InChI=1S/C16H23FN4/c1-11-15(12(2)20-19-11)9-18-10-16(21(3)4)13-5-7-14(17)8-6-13/h5-8,16,18H,9-10H2,1-4H3,(H,19,20)/t16-/m0/s1. The van der Waals surface area contributed by atoms with Crippen molar-refractivity contribution in [3.8, 4) is 0 Å². The molecule has 0 fully saturated rings. The van der Waals surface area contributed by atoms with Crippen LogP contribution in [-0.2, 0) is 6.54 Å². The molecule has 0 aliphatic rings.